The highest BCUT2D eigenvalue weighted by Crippen LogP contribution is 2.35. The first-order chi connectivity index (χ1) is 65.3. The molecule has 11 heterocycles. The van der Waals surface area contributed by atoms with Crippen molar-refractivity contribution in [3.63, 3.8) is 0 Å². The van der Waals surface area contributed by atoms with Crippen molar-refractivity contribution in [1.29, 1.82) is 0 Å². The van der Waals surface area contributed by atoms with E-state index in [0.29, 0.717) is 102 Å². The Morgan fingerprint density at radius 3 is 0.978 bits per heavy atom. The molecule has 0 saturated carbocycles. The number of anilines is 8. The van der Waals surface area contributed by atoms with Crippen molar-refractivity contribution in [2.24, 2.45) is 0 Å². The fourth-order valence-corrected chi connectivity index (χ4v) is 19.3. The van der Waals surface area contributed by atoms with Crippen molar-refractivity contribution in [3.8, 4) is 45.0 Å². The molecule has 33 nitrogen and oxygen atoms in total. The molecule has 0 atom stereocenters. The van der Waals surface area contributed by atoms with Crippen LogP contribution < -0.4 is 40.2 Å². The monoisotopic (exact) mass is 2140 g/mol. The molecule has 0 amide bonds. The minimum atomic E-state index is -3.67. The third kappa shape index (κ3) is 24.5. The van der Waals surface area contributed by atoms with Crippen LogP contribution in [0.2, 0.25) is 0 Å². The predicted molar refractivity (Wildman–Crippen MR) is 536 cm³/mol. The topological polar surface area (TPSA) is 395 Å². The highest BCUT2D eigenvalue weighted by Gasteiger charge is 2.23. The first-order valence-electron chi connectivity index (χ1n) is 41.9. The minimum absolute atomic E-state index is 0.120. The third-order valence-corrected chi connectivity index (χ3v) is 28.8. The molecule has 8 N–H and O–H groups in total. The molecule has 688 valence electrons. The minimum Gasteiger partial charge on any atom is -0.379 e. The molecule has 135 heavy (non-hydrogen) atoms. The third-order valence-electron chi connectivity index (χ3n) is 20.8. The molecular weight excluding hydrogens is 2060 g/mol. The maximum absolute atomic E-state index is 12.7. The van der Waals surface area contributed by atoms with Crippen LogP contribution in [0.1, 0.15) is 11.3 Å². The Hall–Kier alpha value is -12.8. The molecule has 8 aromatic carbocycles. The lowest BCUT2D eigenvalue weighted by molar-refractivity contribution is 0.0390. The van der Waals surface area contributed by atoms with Crippen LogP contribution in [-0.2, 0) is 57.9 Å². The zero-order chi connectivity index (χ0) is 94.1. The Morgan fingerprint density at radius 1 is 0.348 bits per heavy atom. The number of ether oxygens (including phenoxy) is 1. The molecule has 18 aromatic rings. The van der Waals surface area contributed by atoms with Crippen molar-refractivity contribution in [2.75, 3.05) is 87.8 Å². The molecule has 0 spiro atoms. The SMILES string of the molecule is CN(C)CCNS(=O)(=O)c1ccc(Nc2cc(-c3ccccc3)nc3c(Br)cnn23)cc1.O=S(=O)(NCCN1CCOCC1)c1ccc(Nc2cc(-c3ccccc3)nc3c(Br)cnn23)cc1.O=S(=O)(NCc1ccccn1)c1ccc(Nc2cc(-c3ccccc3)nc3c(Br)cnn23)cc1.O=S(=O)(NCc1cccnc1)c1ccc(Nc2cc(-c3ccccc3)nc3c(Br)cnn23)cc1. The van der Waals surface area contributed by atoms with E-state index in [1.165, 1.54) is 0 Å². The fraction of sp³-hybridized carbons (Fsp3) is 0.128. The number of rotatable bonds is 30. The van der Waals surface area contributed by atoms with Crippen LogP contribution in [0.25, 0.3) is 67.6 Å². The van der Waals surface area contributed by atoms with Crippen LogP contribution in [0.15, 0.2) is 354 Å². The van der Waals surface area contributed by atoms with Gasteiger partial charge in [0.25, 0.3) is 0 Å². The van der Waals surface area contributed by atoms with Crippen molar-refractivity contribution < 1.29 is 38.4 Å². The van der Waals surface area contributed by atoms with Gasteiger partial charge in [-0.15, -0.1) is 0 Å². The van der Waals surface area contributed by atoms with Crippen molar-refractivity contribution in [3.05, 3.63) is 346 Å². The Balaban J connectivity index is 0.000000131. The summed E-state index contributed by atoms with van der Waals surface area (Å²) in [5.41, 5.74) is 14.1. The number of likely N-dealkylation sites (N-methyl/N-ethyl adjacent to an activating group) is 1. The number of fused-ring (bicyclic) bond motifs is 4. The summed E-state index contributed by atoms with van der Waals surface area (Å²) in [5.74, 6) is 2.80. The van der Waals surface area contributed by atoms with E-state index >= 15 is 0 Å². The average Bonchev–Trinajstić information content (AvgIpc) is 1.68. The van der Waals surface area contributed by atoms with Crippen molar-refractivity contribution >= 4 is 172 Å². The Labute approximate surface area is 812 Å². The number of hydrogen-bond donors (Lipinski definition) is 8. The molecule has 19 rings (SSSR count). The van der Waals surface area contributed by atoms with Gasteiger partial charge in [0.15, 0.2) is 22.6 Å². The van der Waals surface area contributed by atoms with Gasteiger partial charge in [0.1, 0.15) is 23.3 Å². The van der Waals surface area contributed by atoms with Gasteiger partial charge in [-0.2, -0.15) is 38.5 Å². The van der Waals surface area contributed by atoms with E-state index in [2.05, 4.69) is 139 Å². The summed E-state index contributed by atoms with van der Waals surface area (Å²) in [7, 11) is -10.7. The summed E-state index contributed by atoms with van der Waals surface area (Å²) in [6, 6.07) is 82.4. The predicted octanol–water partition coefficient (Wildman–Crippen LogP) is 16.8. The molecule has 1 fully saturated rings. The molecule has 0 bridgehead atoms. The standard InChI is InChI=1S/C24H25BrN6O3S.2C24H19BrN6O2S.C22H23BrN6O2S/c25-21-17-26-31-23(16-22(29-24(21)31)18-4-2-1-3-5-18)28-19-6-8-20(9-7-19)35(32,33)27-10-11-30-12-14-34-15-13-30;25-21-16-27-31-23(13-22(30-24(21)31)18-6-2-1-3-7-18)29-19-8-10-20(11-9-19)34(32,33)28-15-17-5-4-12-26-14-17;25-21-16-27-31-23(14-22(30-24(21)31)17-6-2-1-3-7-17)29-18-9-11-20(12-10-18)34(32,33)28-15-19-8-4-5-13-26-19;1-28(2)13-12-25-32(30,31)18-10-8-17(9-11-18)26-21-14-20(16-6-4-3-5-7-16)27-22-19(23)15-24-29(21)22/h1-9,16-17,27-28H,10-15H2;2*1-14,16,28-29H,15H2;3-11,14-15,25-26H,12-13H2,1-2H3. The first-order valence-corrected chi connectivity index (χ1v) is 51.0. The fourth-order valence-electron chi connectivity index (χ4n) is 13.8. The van der Waals surface area contributed by atoms with E-state index < -0.39 is 40.1 Å². The van der Waals surface area contributed by atoms with Crippen LogP contribution in [0.5, 0.6) is 0 Å². The van der Waals surface area contributed by atoms with Gasteiger partial charge in [-0.05, 0) is 199 Å². The molecule has 1 saturated heterocycles. The smallest absolute Gasteiger partial charge is 0.240 e. The maximum atomic E-state index is 12.7. The van der Waals surface area contributed by atoms with Gasteiger partial charge in [-0.25, -0.2) is 72.5 Å². The largest absolute Gasteiger partial charge is 0.379 e. The second-order valence-corrected chi connectivity index (χ2v) is 40.9. The molecule has 0 unspecified atom stereocenters. The summed E-state index contributed by atoms with van der Waals surface area (Å²) in [4.78, 5) is 31.9. The van der Waals surface area contributed by atoms with E-state index in [1.54, 1.807) is 177 Å². The quantitative estimate of drug-likeness (QED) is 0.0207. The van der Waals surface area contributed by atoms with E-state index in [0.717, 1.165) is 92.9 Å². The van der Waals surface area contributed by atoms with E-state index in [4.69, 9.17) is 24.7 Å². The number of sulfonamides is 4. The first kappa shape index (κ1) is 95.3. The van der Waals surface area contributed by atoms with Gasteiger partial charge >= 0.3 is 0 Å². The van der Waals surface area contributed by atoms with Crippen LogP contribution in [0.3, 0.4) is 0 Å². The molecule has 1 aliphatic heterocycles. The number of aromatic nitrogens is 14. The van der Waals surface area contributed by atoms with Crippen LogP contribution >= 0.6 is 63.7 Å². The highest BCUT2D eigenvalue weighted by atomic mass is 79.9. The number of nitrogens with zero attached hydrogens (tertiary/aromatic N) is 16. The Kier molecular flexibility index (Phi) is 30.8. The number of hydrogen-bond acceptors (Lipinski definition) is 25. The molecule has 0 aliphatic carbocycles. The van der Waals surface area contributed by atoms with Crippen LogP contribution in [-0.4, -0.2) is 178 Å². The van der Waals surface area contributed by atoms with Gasteiger partial charge in [0.2, 0.25) is 40.1 Å². The lowest BCUT2D eigenvalue weighted by atomic mass is 10.1. The van der Waals surface area contributed by atoms with Gasteiger partial charge in [-0.3, -0.25) is 14.9 Å². The van der Waals surface area contributed by atoms with Gasteiger partial charge in [0, 0.05) is 134 Å². The normalized spacial score (nSPS) is 12.5. The molecule has 0 radical (unpaired) electrons. The summed E-state index contributed by atoms with van der Waals surface area (Å²) in [6.45, 7) is 5.29. The van der Waals surface area contributed by atoms with Crippen LogP contribution in [0.4, 0.5) is 46.0 Å². The van der Waals surface area contributed by atoms with Gasteiger partial charge in [-0.1, -0.05) is 133 Å². The number of nitrogens with one attached hydrogen (secondary N) is 8. The maximum Gasteiger partial charge on any atom is 0.240 e. The second-order valence-electron chi connectivity index (χ2n) is 30.5. The van der Waals surface area contributed by atoms with E-state index in [-0.39, 0.29) is 32.7 Å². The zero-order valence-electron chi connectivity index (χ0n) is 72.1. The molecule has 1 aliphatic rings. The summed E-state index contributed by atoms with van der Waals surface area (Å²) >= 11 is 14.0. The zero-order valence-corrected chi connectivity index (χ0v) is 81.7. The summed E-state index contributed by atoms with van der Waals surface area (Å²) in [6.07, 6.45) is 11.7. The lowest BCUT2D eigenvalue weighted by Crippen LogP contribution is -2.41. The number of morpholine rings is 1. The summed E-state index contributed by atoms with van der Waals surface area (Å²) in [5, 5.41) is 30.9. The average molecular weight is 2140 g/mol. The van der Waals surface area contributed by atoms with Crippen molar-refractivity contribution in [1.82, 2.24) is 97.0 Å². The lowest BCUT2D eigenvalue weighted by Gasteiger charge is -2.26. The molecular formula is C94H86Br4N24O9S4. The van der Waals surface area contributed by atoms with Gasteiger partial charge < -0.3 is 30.9 Å². The molecule has 41 heteroatoms. The highest BCUT2D eigenvalue weighted by molar-refractivity contribution is 9.11. The molecule has 10 aromatic heterocycles. The van der Waals surface area contributed by atoms with Crippen molar-refractivity contribution in [2.45, 2.75) is 32.7 Å². The summed E-state index contributed by atoms with van der Waals surface area (Å²) < 4.78 is 127. The number of benzene rings is 8. The second kappa shape index (κ2) is 43.7. The van der Waals surface area contributed by atoms with Gasteiger partial charge in [0.05, 0.1) is 110 Å². The Bertz CT molecular complexity index is 7380. The van der Waals surface area contributed by atoms with Crippen LogP contribution in [0, 0.1) is 0 Å². The number of halogens is 4. The van der Waals surface area contributed by atoms with E-state index in [1.807, 2.05) is 177 Å². The van der Waals surface area contributed by atoms with E-state index in [9.17, 15) is 33.7 Å². The number of pyridine rings is 2. The Morgan fingerprint density at radius 2 is 0.667 bits per heavy atom.